The lowest BCUT2D eigenvalue weighted by molar-refractivity contribution is 0.0698. The predicted octanol–water partition coefficient (Wildman–Crippen LogP) is 4.78. The van der Waals surface area contributed by atoms with E-state index in [0.717, 1.165) is 28.0 Å². The van der Waals surface area contributed by atoms with Gasteiger partial charge in [-0.05, 0) is 53.4 Å². The first-order chi connectivity index (χ1) is 12.0. The maximum atomic E-state index is 12.1. The maximum Gasteiger partial charge on any atom is 0.336 e. The van der Waals surface area contributed by atoms with Crippen molar-refractivity contribution in [2.24, 2.45) is 0 Å². The lowest BCUT2D eigenvalue weighted by Crippen LogP contribution is -2.04. The molecule has 0 radical (unpaired) electrons. The number of aromatic carboxylic acids is 1. The number of hydrogen-bond donors (Lipinski definition) is 1. The molecule has 4 rings (SSSR count). The summed E-state index contributed by atoms with van der Waals surface area (Å²) in [6.07, 6.45) is 0.510. The number of carboxylic acid groups (broad SMARTS) is 1. The van der Waals surface area contributed by atoms with Gasteiger partial charge in [-0.3, -0.25) is 0 Å². The zero-order valence-corrected chi connectivity index (χ0v) is 14.5. The molecule has 1 aliphatic carbocycles. The van der Waals surface area contributed by atoms with Crippen LogP contribution in [0.5, 0.6) is 11.5 Å². The zero-order valence-electron chi connectivity index (χ0n) is 13.7. The second-order valence-electron chi connectivity index (χ2n) is 5.96. The first-order valence-electron chi connectivity index (χ1n) is 7.77. The summed E-state index contributed by atoms with van der Waals surface area (Å²) in [7, 11) is 3.17. The smallest absolute Gasteiger partial charge is 0.336 e. The highest BCUT2D eigenvalue weighted by molar-refractivity contribution is 6.39. The van der Waals surface area contributed by atoms with E-state index in [9.17, 15) is 9.90 Å². The SMILES string of the molecule is COc1ccc2c(c1)Cc1c-2c(Cl)c2ccc(OC)cc2c1C(=O)O. The molecule has 0 amide bonds. The van der Waals surface area contributed by atoms with Crippen molar-refractivity contribution < 1.29 is 19.4 Å². The quantitative estimate of drug-likeness (QED) is 0.575. The molecule has 0 spiro atoms. The molecule has 0 atom stereocenters. The van der Waals surface area contributed by atoms with Gasteiger partial charge < -0.3 is 14.6 Å². The second-order valence-corrected chi connectivity index (χ2v) is 6.34. The molecule has 5 heteroatoms. The van der Waals surface area contributed by atoms with Crippen LogP contribution in [0.2, 0.25) is 5.02 Å². The summed E-state index contributed by atoms with van der Waals surface area (Å²) in [6.45, 7) is 0. The number of methoxy groups -OCH3 is 2. The summed E-state index contributed by atoms with van der Waals surface area (Å²) in [4.78, 5) is 12.1. The molecule has 0 aromatic heterocycles. The number of carboxylic acids is 1. The van der Waals surface area contributed by atoms with Crippen molar-refractivity contribution in [1.29, 1.82) is 0 Å². The minimum atomic E-state index is -0.967. The average Bonchev–Trinajstić information content (AvgIpc) is 2.99. The third-order valence-electron chi connectivity index (χ3n) is 4.72. The van der Waals surface area contributed by atoms with Crippen LogP contribution in [0.4, 0.5) is 0 Å². The monoisotopic (exact) mass is 354 g/mol. The number of benzene rings is 3. The van der Waals surface area contributed by atoms with Crippen molar-refractivity contribution in [1.82, 2.24) is 0 Å². The van der Waals surface area contributed by atoms with E-state index in [4.69, 9.17) is 21.1 Å². The fraction of sp³-hybridized carbons (Fsp3) is 0.150. The van der Waals surface area contributed by atoms with Gasteiger partial charge in [-0.1, -0.05) is 17.7 Å². The van der Waals surface area contributed by atoms with Crippen LogP contribution in [0.25, 0.3) is 21.9 Å². The highest BCUT2D eigenvalue weighted by atomic mass is 35.5. The van der Waals surface area contributed by atoms with Crippen molar-refractivity contribution in [2.75, 3.05) is 14.2 Å². The summed E-state index contributed by atoms with van der Waals surface area (Å²) in [5, 5.41) is 11.7. The second kappa shape index (κ2) is 5.67. The van der Waals surface area contributed by atoms with Crippen LogP contribution in [0.15, 0.2) is 36.4 Å². The summed E-state index contributed by atoms with van der Waals surface area (Å²) in [5.74, 6) is 0.375. The van der Waals surface area contributed by atoms with E-state index in [-0.39, 0.29) is 5.56 Å². The number of carbonyl (C=O) groups is 1. The molecule has 0 bridgehead atoms. The Morgan fingerprint density at radius 1 is 1.04 bits per heavy atom. The molecule has 3 aromatic carbocycles. The molecule has 126 valence electrons. The van der Waals surface area contributed by atoms with Crippen molar-refractivity contribution in [2.45, 2.75) is 6.42 Å². The van der Waals surface area contributed by atoms with Crippen LogP contribution in [0.1, 0.15) is 21.5 Å². The van der Waals surface area contributed by atoms with Crippen LogP contribution in [0, 0.1) is 0 Å². The molecule has 0 unspecified atom stereocenters. The van der Waals surface area contributed by atoms with Crippen molar-refractivity contribution in [3.8, 4) is 22.6 Å². The Bertz CT molecular complexity index is 1040. The molecular formula is C20H15ClO4. The number of ether oxygens (including phenoxy) is 2. The summed E-state index contributed by atoms with van der Waals surface area (Å²) >= 11 is 6.70. The Hall–Kier alpha value is -2.72. The molecule has 0 saturated heterocycles. The highest BCUT2D eigenvalue weighted by Gasteiger charge is 2.29. The van der Waals surface area contributed by atoms with Gasteiger partial charge in [0.2, 0.25) is 0 Å². The van der Waals surface area contributed by atoms with Crippen molar-refractivity contribution in [3.63, 3.8) is 0 Å². The largest absolute Gasteiger partial charge is 0.497 e. The van der Waals surface area contributed by atoms with E-state index >= 15 is 0 Å². The van der Waals surface area contributed by atoms with Crippen LogP contribution in [-0.2, 0) is 6.42 Å². The zero-order chi connectivity index (χ0) is 17.7. The molecule has 1 N–H and O–H groups in total. The van der Waals surface area contributed by atoms with Gasteiger partial charge in [0.25, 0.3) is 0 Å². The highest BCUT2D eigenvalue weighted by Crippen LogP contribution is 2.48. The molecule has 1 aliphatic rings. The Labute approximate surface area is 149 Å². The molecule has 25 heavy (non-hydrogen) atoms. The van der Waals surface area contributed by atoms with E-state index in [1.165, 1.54) is 0 Å². The maximum absolute atomic E-state index is 12.1. The molecule has 0 heterocycles. The van der Waals surface area contributed by atoms with Crippen LogP contribution in [0.3, 0.4) is 0 Å². The summed E-state index contributed by atoms with van der Waals surface area (Å²) in [5.41, 5.74) is 3.79. The Morgan fingerprint density at radius 3 is 2.40 bits per heavy atom. The average molecular weight is 355 g/mol. The molecule has 0 saturated carbocycles. The van der Waals surface area contributed by atoms with Gasteiger partial charge in [-0.15, -0.1) is 0 Å². The molecule has 0 fully saturated rings. The lowest BCUT2D eigenvalue weighted by Gasteiger charge is -2.14. The number of hydrogen-bond acceptors (Lipinski definition) is 3. The Kier molecular flexibility index (Phi) is 3.58. The third-order valence-corrected chi connectivity index (χ3v) is 5.11. The van der Waals surface area contributed by atoms with Gasteiger partial charge in [0.15, 0.2) is 0 Å². The standard InChI is InChI=1S/C20H15ClO4/c1-24-11-3-5-13-10(7-11)8-16-17(13)19(21)14-6-4-12(25-2)9-15(14)18(16)20(22)23/h3-7,9H,8H2,1-2H3,(H,22,23). The Morgan fingerprint density at radius 2 is 1.72 bits per heavy atom. The summed E-state index contributed by atoms with van der Waals surface area (Å²) < 4.78 is 10.5. The summed E-state index contributed by atoms with van der Waals surface area (Å²) in [6, 6.07) is 11.1. The van der Waals surface area contributed by atoms with Gasteiger partial charge in [-0.25, -0.2) is 4.79 Å². The topological polar surface area (TPSA) is 55.8 Å². The van der Waals surface area contributed by atoms with E-state index in [1.54, 1.807) is 26.4 Å². The lowest BCUT2D eigenvalue weighted by atomic mass is 9.94. The van der Waals surface area contributed by atoms with Gasteiger partial charge in [0.1, 0.15) is 11.5 Å². The number of fused-ring (bicyclic) bond motifs is 4. The first-order valence-corrected chi connectivity index (χ1v) is 8.15. The van der Waals surface area contributed by atoms with E-state index < -0.39 is 5.97 Å². The molecule has 3 aromatic rings. The van der Waals surface area contributed by atoms with Crippen molar-refractivity contribution in [3.05, 3.63) is 58.1 Å². The van der Waals surface area contributed by atoms with Crippen molar-refractivity contribution >= 4 is 28.3 Å². The normalized spacial score (nSPS) is 12.0. The predicted molar refractivity (Wildman–Crippen MR) is 97.3 cm³/mol. The molecule has 0 aliphatic heterocycles. The fourth-order valence-corrected chi connectivity index (χ4v) is 3.96. The van der Waals surface area contributed by atoms with E-state index in [2.05, 4.69) is 0 Å². The molecular weight excluding hydrogens is 340 g/mol. The minimum absolute atomic E-state index is 0.281. The third kappa shape index (κ3) is 2.25. The fourth-order valence-electron chi connectivity index (χ4n) is 3.58. The first kappa shape index (κ1) is 15.8. The number of halogens is 1. The van der Waals surface area contributed by atoms with Gasteiger partial charge in [-0.2, -0.15) is 0 Å². The van der Waals surface area contributed by atoms with Crippen LogP contribution < -0.4 is 9.47 Å². The Balaban J connectivity index is 2.10. The van der Waals surface area contributed by atoms with E-state index in [1.807, 2.05) is 24.3 Å². The van der Waals surface area contributed by atoms with Gasteiger partial charge >= 0.3 is 5.97 Å². The van der Waals surface area contributed by atoms with E-state index in [0.29, 0.717) is 28.0 Å². The van der Waals surface area contributed by atoms with Gasteiger partial charge in [0, 0.05) is 16.3 Å². The minimum Gasteiger partial charge on any atom is -0.497 e. The van der Waals surface area contributed by atoms with Crippen LogP contribution >= 0.6 is 11.6 Å². The molecule has 4 nitrogen and oxygen atoms in total. The van der Waals surface area contributed by atoms with Gasteiger partial charge in [0.05, 0.1) is 24.8 Å². The number of rotatable bonds is 3. The van der Waals surface area contributed by atoms with Crippen LogP contribution in [-0.4, -0.2) is 25.3 Å².